The second-order valence-electron chi connectivity index (χ2n) is 6.34. The van der Waals surface area contributed by atoms with E-state index in [2.05, 4.69) is 20.3 Å². The number of halogens is 2. The number of carbonyl (C=O) groups excluding carboxylic acids is 1. The van der Waals surface area contributed by atoms with E-state index in [-0.39, 0.29) is 11.3 Å². The molecule has 0 spiro atoms. The molecule has 0 saturated heterocycles. The molecule has 0 aliphatic heterocycles. The van der Waals surface area contributed by atoms with Gasteiger partial charge in [0.25, 0.3) is 0 Å². The van der Waals surface area contributed by atoms with E-state index in [1.165, 1.54) is 24.3 Å². The van der Waals surface area contributed by atoms with Crippen LogP contribution in [-0.2, 0) is 22.3 Å². The lowest BCUT2D eigenvalue weighted by Gasteiger charge is -2.11. The smallest absolute Gasteiger partial charge is 0.319 e. The number of anilines is 2. The SMILES string of the molecule is O=C(NCc1ccncc1)Nc1ccc(NS(=O)(=O)Cc2cc(F)ccc2F)cc1. The van der Waals surface area contributed by atoms with Crippen molar-refractivity contribution in [2.24, 2.45) is 0 Å². The Hall–Kier alpha value is -3.53. The molecule has 0 radical (unpaired) electrons. The Morgan fingerprint density at radius 1 is 0.933 bits per heavy atom. The van der Waals surface area contributed by atoms with Gasteiger partial charge in [-0.2, -0.15) is 0 Å². The predicted octanol–water partition coefficient (Wildman–Crippen LogP) is 3.62. The third-order valence-electron chi connectivity index (χ3n) is 3.97. The number of benzene rings is 2. The fourth-order valence-corrected chi connectivity index (χ4v) is 3.75. The van der Waals surface area contributed by atoms with Gasteiger partial charge < -0.3 is 10.6 Å². The summed E-state index contributed by atoms with van der Waals surface area (Å²) in [7, 11) is -3.96. The first kappa shape index (κ1) is 21.2. The van der Waals surface area contributed by atoms with E-state index in [1.54, 1.807) is 24.5 Å². The van der Waals surface area contributed by atoms with E-state index in [1.807, 2.05) is 0 Å². The summed E-state index contributed by atoms with van der Waals surface area (Å²) in [4.78, 5) is 15.8. The van der Waals surface area contributed by atoms with Crippen molar-refractivity contribution >= 4 is 27.4 Å². The fraction of sp³-hybridized carbons (Fsp3) is 0.100. The standard InChI is InChI=1S/C20H18F2N4O3S/c21-16-1-6-19(22)15(11-16)13-30(28,29)26-18-4-2-17(3-5-18)25-20(27)24-12-14-7-9-23-10-8-14/h1-11,26H,12-13H2,(H2,24,25,27). The Labute approximate surface area is 172 Å². The van der Waals surface area contributed by atoms with Gasteiger partial charge in [0.15, 0.2) is 0 Å². The molecule has 156 valence electrons. The van der Waals surface area contributed by atoms with Crippen LogP contribution in [0.15, 0.2) is 67.0 Å². The van der Waals surface area contributed by atoms with Gasteiger partial charge >= 0.3 is 6.03 Å². The molecule has 0 aliphatic carbocycles. The number of nitrogens with one attached hydrogen (secondary N) is 3. The number of pyridine rings is 1. The number of hydrogen-bond acceptors (Lipinski definition) is 4. The second-order valence-corrected chi connectivity index (χ2v) is 8.06. The van der Waals surface area contributed by atoms with Gasteiger partial charge in [0, 0.05) is 35.9 Å². The Balaban J connectivity index is 1.55. The van der Waals surface area contributed by atoms with Crippen LogP contribution in [-0.4, -0.2) is 19.4 Å². The van der Waals surface area contributed by atoms with Crippen LogP contribution in [0, 0.1) is 11.6 Å². The maximum atomic E-state index is 13.7. The number of hydrogen-bond donors (Lipinski definition) is 3. The van der Waals surface area contributed by atoms with Gasteiger partial charge in [0.2, 0.25) is 10.0 Å². The number of amides is 2. The largest absolute Gasteiger partial charge is 0.334 e. The first-order chi connectivity index (χ1) is 14.3. The summed E-state index contributed by atoms with van der Waals surface area (Å²) in [6.45, 7) is 0.322. The average Bonchev–Trinajstić information content (AvgIpc) is 2.71. The van der Waals surface area contributed by atoms with E-state index in [9.17, 15) is 22.0 Å². The molecule has 30 heavy (non-hydrogen) atoms. The lowest BCUT2D eigenvalue weighted by atomic mass is 10.2. The number of rotatable bonds is 7. The first-order valence-corrected chi connectivity index (χ1v) is 10.4. The Bertz CT molecular complexity index is 1120. The molecule has 3 N–H and O–H groups in total. The van der Waals surface area contributed by atoms with Crippen molar-refractivity contribution in [3.05, 3.63) is 89.8 Å². The normalized spacial score (nSPS) is 11.0. The monoisotopic (exact) mass is 432 g/mol. The van der Waals surface area contributed by atoms with Crippen LogP contribution in [0.5, 0.6) is 0 Å². The molecule has 0 aliphatic rings. The van der Waals surface area contributed by atoms with E-state index < -0.39 is 33.4 Å². The number of nitrogens with zero attached hydrogens (tertiary/aromatic N) is 1. The molecule has 0 fully saturated rings. The summed E-state index contributed by atoms with van der Waals surface area (Å²) in [6.07, 6.45) is 3.24. The maximum Gasteiger partial charge on any atom is 0.319 e. The van der Waals surface area contributed by atoms with E-state index in [4.69, 9.17) is 0 Å². The average molecular weight is 432 g/mol. The van der Waals surface area contributed by atoms with Crippen molar-refractivity contribution in [2.45, 2.75) is 12.3 Å². The highest BCUT2D eigenvalue weighted by atomic mass is 32.2. The van der Waals surface area contributed by atoms with Crippen LogP contribution in [0.1, 0.15) is 11.1 Å². The number of aromatic nitrogens is 1. The van der Waals surface area contributed by atoms with Crippen LogP contribution < -0.4 is 15.4 Å². The minimum absolute atomic E-state index is 0.217. The first-order valence-electron chi connectivity index (χ1n) is 8.79. The molecular weight excluding hydrogens is 414 g/mol. The molecule has 0 unspecified atom stereocenters. The van der Waals surface area contributed by atoms with Gasteiger partial charge in [0.05, 0.1) is 5.75 Å². The molecule has 1 aromatic heterocycles. The molecule has 0 saturated carbocycles. The molecule has 3 rings (SSSR count). The molecule has 1 heterocycles. The summed E-state index contributed by atoms with van der Waals surface area (Å²) in [6, 6.07) is 11.6. The molecule has 10 heteroatoms. The van der Waals surface area contributed by atoms with E-state index in [0.29, 0.717) is 12.2 Å². The topological polar surface area (TPSA) is 100 Å². The third kappa shape index (κ3) is 6.24. The molecular formula is C20H18F2N4O3S. The highest BCUT2D eigenvalue weighted by Crippen LogP contribution is 2.18. The van der Waals surface area contributed by atoms with Crippen molar-refractivity contribution in [1.29, 1.82) is 0 Å². The maximum absolute atomic E-state index is 13.7. The minimum Gasteiger partial charge on any atom is -0.334 e. The van der Waals surface area contributed by atoms with Crippen molar-refractivity contribution in [3.63, 3.8) is 0 Å². The van der Waals surface area contributed by atoms with Crippen molar-refractivity contribution in [3.8, 4) is 0 Å². The number of carbonyl (C=O) groups is 1. The lowest BCUT2D eigenvalue weighted by Crippen LogP contribution is -2.28. The highest BCUT2D eigenvalue weighted by molar-refractivity contribution is 7.91. The zero-order chi connectivity index (χ0) is 21.6. The predicted molar refractivity (Wildman–Crippen MR) is 109 cm³/mol. The zero-order valence-electron chi connectivity index (χ0n) is 15.6. The van der Waals surface area contributed by atoms with E-state index >= 15 is 0 Å². The molecule has 2 aromatic carbocycles. The lowest BCUT2D eigenvalue weighted by molar-refractivity contribution is 0.251. The highest BCUT2D eigenvalue weighted by Gasteiger charge is 2.16. The van der Waals surface area contributed by atoms with Crippen molar-refractivity contribution in [1.82, 2.24) is 10.3 Å². The Morgan fingerprint density at radius 3 is 2.30 bits per heavy atom. The van der Waals surface area contributed by atoms with Gasteiger partial charge in [-0.15, -0.1) is 0 Å². The second kappa shape index (κ2) is 9.31. The summed E-state index contributed by atoms with van der Waals surface area (Å²) in [5.74, 6) is -2.24. The minimum atomic E-state index is -3.96. The summed E-state index contributed by atoms with van der Waals surface area (Å²) >= 11 is 0. The molecule has 0 bridgehead atoms. The van der Waals surface area contributed by atoms with Gasteiger partial charge in [-0.05, 0) is 60.2 Å². The fourth-order valence-electron chi connectivity index (χ4n) is 2.55. The van der Waals surface area contributed by atoms with E-state index in [0.717, 1.165) is 23.8 Å². The van der Waals surface area contributed by atoms with Crippen molar-refractivity contribution in [2.75, 3.05) is 10.0 Å². The van der Waals surface area contributed by atoms with Crippen molar-refractivity contribution < 1.29 is 22.0 Å². The summed E-state index contributed by atoms with van der Waals surface area (Å²) < 4.78 is 53.7. The Kier molecular flexibility index (Phi) is 6.58. The molecule has 0 atom stereocenters. The van der Waals surface area contributed by atoms with Gasteiger partial charge in [-0.1, -0.05) is 0 Å². The Morgan fingerprint density at radius 2 is 1.60 bits per heavy atom. The molecule has 2 amide bonds. The van der Waals surface area contributed by atoms with Crippen LogP contribution in [0.4, 0.5) is 25.0 Å². The third-order valence-corrected chi connectivity index (χ3v) is 5.21. The molecule has 3 aromatic rings. The molecule has 7 nitrogen and oxygen atoms in total. The van der Waals surface area contributed by atoms with Gasteiger partial charge in [-0.25, -0.2) is 22.0 Å². The van der Waals surface area contributed by atoms with Crippen LogP contribution in [0.2, 0.25) is 0 Å². The number of sulfonamides is 1. The van der Waals surface area contributed by atoms with Gasteiger partial charge in [0.1, 0.15) is 11.6 Å². The zero-order valence-corrected chi connectivity index (χ0v) is 16.4. The van der Waals surface area contributed by atoms with Crippen LogP contribution in [0.3, 0.4) is 0 Å². The quantitative estimate of drug-likeness (QED) is 0.531. The van der Waals surface area contributed by atoms with Gasteiger partial charge in [-0.3, -0.25) is 9.71 Å². The van der Waals surface area contributed by atoms with Crippen LogP contribution in [0.25, 0.3) is 0 Å². The van der Waals surface area contributed by atoms with Crippen LogP contribution >= 0.6 is 0 Å². The summed E-state index contributed by atoms with van der Waals surface area (Å²) in [5.41, 5.74) is 1.28. The summed E-state index contributed by atoms with van der Waals surface area (Å²) in [5, 5.41) is 5.30. The number of urea groups is 1.